The standard InChI is InChI=1S/C15H12N4O4S/c1-9-13(15(21)17-16-14(20)12-7-4-8-24-12)19(23)11-6-3-2-5-10(11)18(9)22/h2-8,22-23H,1H3. The van der Waals surface area contributed by atoms with Gasteiger partial charge in [0.15, 0.2) is 5.70 Å². The monoisotopic (exact) mass is 344 g/mol. The number of hydrogen-bond acceptors (Lipinski definition) is 7. The van der Waals surface area contributed by atoms with Gasteiger partial charge in [-0.1, -0.05) is 18.2 Å². The van der Waals surface area contributed by atoms with Gasteiger partial charge in [-0.3, -0.25) is 20.0 Å². The molecule has 1 aliphatic heterocycles. The molecule has 1 aromatic carbocycles. The molecule has 0 saturated heterocycles. The van der Waals surface area contributed by atoms with Crippen LogP contribution in [-0.4, -0.2) is 22.2 Å². The molecule has 122 valence electrons. The molecule has 0 spiro atoms. The average Bonchev–Trinajstić information content (AvgIpc) is 3.12. The van der Waals surface area contributed by atoms with Crippen LogP contribution >= 0.6 is 11.3 Å². The lowest BCUT2D eigenvalue weighted by molar-refractivity contribution is -0.115. The number of carbonyl (C=O) groups excluding carboxylic acids is 2. The molecule has 2 heterocycles. The Hall–Kier alpha value is -2.88. The summed E-state index contributed by atoms with van der Waals surface area (Å²) < 4.78 is 0. The molecule has 2 aromatic rings. The van der Waals surface area contributed by atoms with Gasteiger partial charge in [0, 0.05) is 0 Å². The maximum absolute atomic E-state index is 12.2. The second-order valence-corrected chi connectivity index (χ2v) is 5.78. The lowest BCUT2D eigenvalue weighted by Crippen LogP contribution is -2.35. The smallest absolute Gasteiger partial charge is 0.284 e. The minimum absolute atomic E-state index is 0.0590. The lowest BCUT2D eigenvalue weighted by Gasteiger charge is -2.32. The molecule has 8 nitrogen and oxygen atoms in total. The highest BCUT2D eigenvalue weighted by Gasteiger charge is 2.31. The Kier molecular flexibility index (Phi) is 4.21. The Balaban J connectivity index is 1.89. The van der Waals surface area contributed by atoms with Gasteiger partial charge in [0.1, 0.15) is 0 Å². The third-order valence-electron chi connectivity index (χ3n) is 3.38. The van der Waals surface area contributed by atoms with Crippen LogP contribution in [0.25, 0.3) is 0 Å². The maximum Gasteiger partial charge on any atom is 0.316 e. The number of para-hydroxylation sites is 2. The Morgan fingerprint density at radius 2 is 1.58 bits per heavy atom. The average molecular weight is 344 g/mol. The van der Waals surface area contributed by atoms with Crippen molar-refractivity contribution in [3.63, 3.8) is 0 Å². The van der Waals surface area contributed by atoms with Gasteiger partial charge < -0.3 is 0 Å². The summed E-state index contributed by atoms with van der Waals surface area (Å²) in [6.07, 6.45) is 0. The molecule has 24 heavy (non-hydrogen) atoms. The lowest BCUT2D eigenvalue weighted by atomic mass is 10.1. The first-order chi connectivity index (χ1) is 11.5. The Labute approximate surface area is 140 Å². The molecule has 2 N–H and O–H groups in total. The molecule has 0 atom stereocenters. The van der Waals surface area contributed by atoms with Gasteiger partial charge in [0.05, 0.1) is 21.9 Å². The van der Waals surface area contributed by atoms with E-state index in [1.165, 1.54) is 24.3 Å². The van der Waals surface area contributed by atoms with Gasteiger partial charge in [-0.05, 0) is 30.5 Å². The van der Waals surface area contributed by atoms with Gasteiger partial charge in [-0.15, -0.1) is 21.6 Å². The van der Waals surface area contributed by atoms with Crippen molar-refractivity contribution in [1.29, 1.82) is 0 Å². The van der Waals surface area contributed by atoms with Crippen molar-refractivity contribution < 1.29 is 20.0 Å². The van der Waals surface area contributed by atoms with Gasteiger partial charge in [-0.2, -0.15) is 0 Å². The van der Waals surface area contributed by atoms with Crippen LogP contribution in [0.3, 0.4) is 0 Å². The van der Waals surface area contributed by atoms with E-state index in [9.17, 15) is 20.0 Å². The number of thiophene rings is 1. The van der Waals surface area contributed by atoms with Crippen LogP contribution in [0.5, 0.6) is 0 Å². The zero-order chi connectivity index (χ0) is 17.3. The van der Waals surface area contributed by atoms with E-state index >= 15 is 0 Å². The number of anilines is 2. The number of hydrogen-bond donors (Lipinski definition) is 2. The van der Waals surface area contributed by atoms with Crippen molar-refractivity contribution in [2.45, 2.75) is 6.92 Å². The summed E-state index contributed by atoms with van der Waals surface area (Å²) in [5, 5.41) is 30.2. The molecular formula is C15H12N4O4S. The second-order valence-electron chi connectivity index (χ2n) is 4.83. The fourth-order valence-electron chi connectivity index (χ4n) is 2.21. The first-order valence-electron chi connectivity index (χ1n) is 6.82. The first kappa shape index (κ1) is 16.0. The van der Waals surface area contributed by atoms with Crippen LogP contribution in [0, 0.1) is 0 Å². The molecule has 0 unspecified atom stereocenters. The van der Waals surface area contributed by atoms with Crippen LogP contribution < -0.4 is 10.1 Å². The number of rotatable bonds is 2. The van der Waals surface area contributed by atoms with E-state index in [2.05, 4.69) is 10.2 Å². The number of nitrogens with zero attached hydrogens (tertiary/aromatic N) is 4. The molecule has 0 aliphatic carbocycles. The van der Waals surface area contributed by atoms with E-state index < -0.39 is 11.8 Å². The van der Waals surface area contributed by atoms with E-state index in [0.29, 0.717) is 15.6 Å². The molecule has 2 amide bonds. The van der Waals surface area contributed by atoms with Crippen LogP contribution in [-0.2, 0) is 4.79 Å². The molecule has 0 radical (unpaired) electrons. The molecule has 1 aliphatic rings. The SMILES string of the molecule is CC1=C(C(=O)N=NC(=O)c2cccs2)N(O)c2ccccc2N1O. The van der Waals surface area contributed by atoms with Crippen LogP contribution in [0.2, 0.25) is 0 Å². The molecule has 0 bridgehead atoms. The summed E-state index contributed by atoms with van der Waals surface area (Å²) in [4.78, 5) is 24.3. The summed E-state index contributed by atoms with van der Waals surface area (Å²) in [7, 11) is 0. The van der Waals surface area contributed by atoms with Crippen molar-refractivity contribution in [1.82, 2.24) is 0 Å². The highest BCUT2D eigenvalue weighted by Crippen LogP contribution is 2.37. The largest absolute Gasteiger partial charge is 0.316 e. The van der Waals surface area contributed by atoms with Crippen molar-refractivity contribution in [2.75, 3.05) is 10.1 Å². The quantitative estimate of drug-likeness (QED) is 0.810. The number of fused-ring (bicyclic) bond motifs is 1. The van der Waals surface area contributed by atoms with Crippen LogP contribution in [0.4, 0.5) is 11.4 Å². The molecule has 0 saturated carbocycles. The summed E-state index contributed by atoms with van der Waals surface area (Å²) in [6, 6.07) is 9.65. The summed E-state index contributed by atoms with van der Waals surface area (Å²) >= 11 is 1.18. The summed E-state index contributed by atoms with van der Waals surface area (Å²) in [5.74, 6) is -1.60. The van der Waals surface area contributed by atoms with Crippen LogP contribution in [0.15, 0.2) is 63.4 Å². The number of benzene rings is 1. The third kappa shape index (κ3) is 2.71. The Bertz CT molecular complexity index is 860. The van der Waals surface area contributed by atoms with Gasteiger partial charge in [0.25, 0.3) is 0 Å². The highest BCUT2D eigenvalue weighted by atomic mass is 32.1. The highest BCUT2D eigenvalue weighted by molar-refractivity contribution is 7.12. The molecule has 1 aromatic heterocycles. The zero-order valence-electron chi connectivity index (χ0n) is 12.4. The summed E-state index contributed by atoms with van der Waals surface area (Å²) in [6.45, 7) is 1.43. The Morgan fingerprint density at radius 1 is 0.958 bits per heavy atom. The minimum atomic E-state index is -0.951. The fourth-order valence-corrected chi connectivity index (χ4v) is 2.81. The number of carbonyl (C=O) groups is 2. The van der Waals surface area contributed by atoms with Gasteiger partial charge >= 0.3 is 11.8 Å². The van der Waals surface area contributed by atoms with Crippen LogP contribution in [0.1, 0.15) is 16.6 Å². The Morgan fingerprint density at radius 3 is 2.21 bits per heavy atom. The van der Waals surface area contributed by atoms with E-state index in [1.807, 2.05) is 0 Å². The number of azo groups is 1. The number of allylic oxidation sites excluding steroid dienone is 1. The predicted molar refractivity (Wildman–Crippen MR) is 86.2 cm³/mol. The van der Waals surface area contributed by atoms with E-state index in [4.69, 9.17) is 0 Å². The van der Waals surface area contributed by atoms with E-state index in [1.54, 1.807) is 35.7 Å². The van der Waals surface area contributed by atoms with Crippen molar-refractivity contribution >= 4 is 34.5 Å². The normalized spacial score (nSPS) is 14.3. The second kappa shape index (κ2) is 6.32. The topological polar surface area (TPSA) is 106 Å². The van der Waals surface area contributed by atoms with Gasteiger partial charge in [-0.25, -0.2) is 10.1 Å². The summed E-state index contributed by atoms with van der Waals surface area (Å²) in [5.41, 5.74) is 0.275. The first-order valence-corrected chi connectivity index (χ1v) is 7.70. The number of amides is 2. The number of hydroxylamine groups is 2. The molecular weight excluding hydrogens is 332 g/mol. The van der Waals surface area contributed by atoms with E-state index in [-0.39, 0.29) is 17.1 Å². The van der Waals surface area contributed by atoms with E-state index in [0.717, 1.165) is 5.06 Å². The van der Waals surface area contributed by atoms with Crippen molar-refractivity contribution in [2.24, 2.45) is 10.2 Å². The van der Waals surface area contributed by atoms with Crippen molar-refractivity contribution in [3.8, 4) is 0 Å². The predicted octanol–water partition coefficient (Wildman–Crippen LogP) is 3.20. The molecule has 9 heteroatoms. The minimum Gasteiger partial charge on any atom is -0.284 e. The maximum atomic E-state index is 12.2. The zero-order valence-corrected chi connectivity index (χ0v) is 13.3. The third-order valence-corrected chi connectivity index (χ3v) is 4.23. The molecule has 3 rings (SSSR count). The van der Waals surface area contributed by atoms with Crippen molar-refractivity contribution in [3.05, 3.63) is 58.0 Å². The molecule has 0 fully saturated rings. The fraction of sp³-hybridized carbons (Fsp3) is 0.0667. The van der Waals surface area contributed by atoms with Gasteiger partial charge in [0.2, 0.25) is 0 Å².